The quantitative estimate of drug-likeness (QED) is 0.865. The van der Waals surface area contributed by atoms with Gasteiger partial charge in [-0.15, -0.1) is 0 Å². The summed E-state index contributed by atoms with van der Waals surface area (Å²) in [7, 11) is 0. The van der Waals surface area contributed by atoms with Gasteiger partial charge in [0.05, 0.1) is 5.56 Å². The summed E-state index contributed by atoms with van der Waals surface area (Å²) >= 11 is 1.91. The third-order valence-electron chi connectivity index (χ3n) is 3.81. The van der Waals surface area contributed by atoms with Gasteiger partial charge in [0.15, 0.2) is 6.61 Å². The van der Waals surface area contributed by atoms with Gasteiger partial charge in [0.1, 0.15) is 5.75 Å². The predicted molar refractivity (Wildman–Crippen MR) is 92.8 cm³/mol. The highest BCUT2D eigenvalue weighted by atomic mass is 32.2. The molecule has 1 unspecified atom stereocenters. The number of ether oxygens (including phenoxy) is 1. The van der Waals surface area contributed by atoms with Crippen LogP contribution in [0.4, 0.5) is 0 Å². The second-order valence-corrected chi connectivity index (χ2v) is 7.15. The number of rotatable bonds is 6. The van der Waals surface area contributed by atoms with Crippen molar-refractivity contribution in [3.05, 3.63) is 29.8 Å². The van der Waals surface area contributed by atoms with Crippen molar-refractivity contribution in [1.29, 1.82) is 0 Å². The topological polar surface area (TPSA) is 72.6 Å². The highest BCUT2D eigenvalue weighted by Crippen LogP contribution is 2.25. The number of amides is 2. The van der Waals surface area contributed by atoms with E-state index in [1.54, 1.807) is 24.3 Å². The summed E-state index contributed by atoms with van der Waals surface area (Å²) in [6.07, 6.45) is 3.33. The molecule has 6 heteroatoms. The average Bonchev–Trinajstić information content (AvgIpc) is 2.78. The molecule has 1 aliphatic heterocycles. The van der Waals surface area contributed by atoms with Crippen molar-refractivity contribution < 1.29 is 14.3 Å². The molecule has 2 amide bonds. The van der Waals surface area contributed by atoms with Gasteiger partial charge in [0.2, 0.25) is 0 Å². The van der Waals surface area contributed by atoms with Crippen LogP contribution < -0.4 is 10.5 Å². The molecule has 0 bridgehead atoms. The molecule has 0 spiro atoms. The lowest BCUT2D eigenvalue weighted by Crippen LogP contribution is -2.36. The zero-order valence-electron chi connectivity index (χ0n) is 13.5. The van der Waals surface area contributed by atoms with Crippen LogP contribution in [0.2, 0.25) is 0 Å². The molecule has 1 aromatic rings. The second kappa shape index (κ2) is 8.82. The first-order valence-corrected chi connectivity index (χ1v) is 9.07. The Kier molecular flexibility index (Phi) is 6.77. The SMILES string of the molecule is CCSC1CCCCN(C(=O)c2ccccc2OCC(N)=O)C1. The van der Waals surface area contributed by atoms with Gasteiger partial charge >= 0.3 is 0 Å². The monoisotopic (exact) mass is 336 g/mol. The van der Waals surface area contributed by atoms with Gasteiger partial charge in [-0.2, -0.15) is 11.8 Å². The Bertz CT molecular complexity index is 550. The molecule has 1 heterocycles. The minimum absolute atomic E-state index is 0.0336. The van der Waals surface area contributed by atoms with Gasteiger partial charge in [-0.3, -0.25) is 9.59 Å². The van der Waals surface area contributed by atoms with Crippen molar-refractivity contribution >= 4 is 23.6 Å². The van der Waals surface area contributed by atoms with Crippen LogP contribution in [0.25, 0.3) is 0 Å². The molecule has 0 saturated carbocycles. The Balaban J connectivity index is 2.13. The van der Waals surface area contributed by atoms with Crippen LogP contribution in [0.5, 0.6) is 5.75 Å². The Labute approximate surface area is 141 Å². The predicted octanol–water partition coefficient (Wildman–Crippen LogP) is 2.30. The van der Waals surface area contributed by atoms with Gasteiger partial charge < -0.3 is 15.4 Å². The average molecular weight is 336 g/mol. The van der Waals surface area contributed by atoms with Crippen LogP contribution in [0.15, 0.2) is 24.3 Å². The van der Waals surface area contributed by atoms with Gasteiger partial charge in [-0.1, -0.05) is 25.5 Å². The van der Waals surface area contributed by atoms with E-state index >= 15 is 0 Å². The molecular weight excluding hydrogens is 312 g/mol. The molecule has 126 valence electrons. The number of nitrogens with two attached hydrogens (primary N) is 1. The van der Waals surface area contributed by atoms with Gasteiger partial charge in [0, 0.05) is 18.3 Å². The Hall–Kier alpha value is -1.69. The first kappa shape index (κ1) is 17.7. The summed E-state index contributed by atoms with van der Waals surface area (Å²) in [5.74, 6) is 0.890. The third-order valence-corrected chi connectivity index (χ3v) is 4.99. The smallest absolute Gasteiger partial charge is 0.257 e. The van der Waals surface area contributed by atoms with Crippen LogP contribution in [0.1, 0.15) is 36.5 Å². The van der Waals surface area contributed by atoms with Crippen LogP contribution in [-0.2, 0) is 4.79 Å². The number of likely N-dealkylation sites (tertiary alicyclic amines) is 1. The molecule has 23 heavy (non-hydrogen) atoms. The number of carbonyl (C=O) groups is 2. The van der Waals surface area contributed by atoms with Crippen LogP contribution in [0, 0.1) is 0 Å². The maximum Gasteiger partial charge on any atom is 0.257 e. The number of benzene rings is 1. The highest BCUT2D eigenvalue weighted by Gasteiger charge is 2.24. The first-order chi connectivity index (χ1) is 11.1. The molecule has 2 rings (SSSR count). The number of carbonyl (C=O) groups excluding carboxylic acids is 2. The van der Waals surface area contributed by atoms with E-state index in [0.29, 0.717) is 16.6 Å². The summed E-state index contributed by atoms with van der Waals surface area (Å²) in [4.78, 5) is 25.7. The Morgan fingerprint density at radius 3 is 2.87 bits per heavy atom. The van der Waals surface area contributed by atoms with Crippen LogP contribution in [-0.4, -0.2) is 47.4 Å². The Morgan fingerprint density at radius 1 is 1.35 bits per heavy atom. The van der Waals surface area contributed by atoms with E-state index in [2.05, 4.69) is 6.92 Å². The normalized spacial score (nSPS) is 18.3. The minimum Gasteiger partial charge on any atom is -0.483 e. The number of nitrogens with zero attached hydrogens (tertiary/aromatic N) is 1. The molecule has 5 nitrogen and oxygen atoms in total. The van der Waals surface area contributed by atoms with Crippen molar-refractivity contribution in [3.63, 3.8) is 0 Å². The maximum absolute atomic E-state index is 12.9. The van der Waals surface area contributed by atoms with Crippen molar-refractivity contribution in [2.75, 3.05) is 25.4 Å². The molecule has 2 N–H and O–H groups in total. The molecule has 1 atom stereocenters. The van der Waals surface area contributed by atoms with Gasteiger partial charge in [0.25, 0.3) is 11.8 Å². The lowest BCUT2D eigenvalue weighted by Gasteiger charge is -2.25. The van der Waals surface area contributed by atoms with E-state index < -0.39 is 5.91 Å². The molecule has 0 aliphatic carbocycles. The summed E-state index contributed by atoms with van der Waals surface area (Å²) in [5.41, 5.74) is 5.62. The number of hydrogen-bond acceptors (Lipinski definition) is 4. The van der Waals surface area contributed by atoms with E-state index in [0.717, 1.165) is 38.1 Å². The second-order valence-electron chi connectivity index (χ2n) is 5.58. The number of thioether (sulfide) groups is 1. The van der Waals surface area contributed by atoms with E-state index in [1.165, 1.54) is 0 Å². The summed E-state index contributed by atoms with van der Waals surface area (Å²) in [6, 6.07) is 7.03. The molecule has 0 aromatic heterocycles. The first-order valence-electron chi connectivity index (χ1n) is 8.02. The van der Waals surface area contributed by atoms with Crippen molar-refractivity contribution in [2.45, 2.75) is 31.4 Å². The summed E-state index contributed by atoms with van der Waals surface area (Å²) < 4.78 is 5.39. The van der Waals surface area contributed by atoms with Crippen LogP contribution in [0.3, 0.4) is 0 Å². The number of primary amides is 1. The van der Waals surface area contributed by atoms with Gasteiger partial charge in [-0.05, 0) is 30.7 Å². The fraction of sp³-hybridized carbons (Fsp3) is 0.529. The zero-order valence-corrected chi connectivity index (χ0v) is 14.3. The molecule has 1 aromatic carbocycles. The molecular formula is C17H24N2O3S. The van der Waals surface area contributed by atoms with Crippen molar-refractivity contribution in [1.82, 2.24) is 4.90 Å². The van der Waals surface area contributed by atoms with Crippen LogP contribution >= 0.6 is 11.8 Å². The minimum atomic E-state index is -0.554. The molecule has 1 fully saturated rings. The van der Waals surface area contributed by atoms with Gasteiger partial charge in [-0.25, -0.2) is 0 Å². The summed E-state index contributed by atoms with van der Waals surface area (Å²) in [6.45, 7) is 3.46. The molecule has 1 saturated heterocycles. The van der Waals surface area contributed by atoms with E-state index in [-0.39, 0.29) is 12.5 Å². The maximum atomic E-state index is 12.9. The lowest BCUT2D eigenvalue weighted by atomic mass is 10.1. The fourth-order valence-corrected chi connectivity index (χ4v) is 3.84. The van der Waals surface area contributed by atoms with Crippen molar-refractivity contribution in [2.24, 2.45) is 5.73 Å². The number of hydrogen-bond donors (Lipinski definition) is 1. The fourth-order valence-electron chi connectivity index (χ4n) is 2.75. The van der Waals surface area contributed by atoms with E-state index in [9.17, 15) is 9.59 Å². The standard InChI is InChI=1S/C17H24N2O3S/c1-2-23-13-7-5-6-10-19(11-13)17(21)14-8-3-4-9-15(14)22-12-16(18)20/h3-4,8-9,13H,2,5-7,10-12H2,1H3,(H2,18,20). The number of para-hydroxylation sites is 1. The zero-order chi connectivity index (χ0) is 16.7. The van der Waals surface area contributed by atoms with E-state index in [4.69, 9.17) is 10.5 Å². The lowest BCUT2D eigenvalue weighted by molar-refractivity contribution is -0.119. The highest BCUT2D eigenvalue weighted by molar-refractivity contribution is 7.99. The van der Waals surface area contributed by atoms with E-state index in [1.807, 2.05) is 16.7 Å². The molecule has 1 aliphatic rings. The van der Waals surface area contributed by atoms with Crippen molar-refractivity contribution in [3.8, 4) is 5.75 Å². The Morgan fingerprint density at radius 2 is 2.13 bits per heavy atom. The summed E-state index contributed by atoms with van der Waals surface area (Å²) in [5, 5.41) is 0.491. The third kappa shape index (κ3) is 5.16. The molecule has 0 radical (unpaired) electrons. The largest absolute Gasteiger partial charge is 0.483 e.